The molecule has 0 saturated heterocycles. The SMILES string of the molecule is O=C(CNS(=O)(=O)c1cccc(C(F)(F)F)c1)NCc1ccc(NC(=O)c2ccco2)cc1. The van der Waals surface area contributed by atoms with E-state index in [1.165, 1.54) is 12.3 Å². The van der Waals surface area contributed by atoms with Gasteiger partial charge >= 0.3 is 6.18 Å². The monoisotopic (exact) mass is 481 g/mol. The number of carbonyl (C=O) groups excluding carboxylic acids is 2. The standard InChI is InChI=1S/C21H18F3N3O5S/c22-21(23,24)15-3-1-4-17(11-15)33(30,31)26-13-19(28)25-12-14-6-8-16(9-7-14)27-20(29)18-5-2-10-32-18/h1-11,26H,12-13H2,(H,25,28)(H,27,29). The van der Waals surface area contributed by atoms with Gasteiger partial charge in [0.1, 0.15) is 0 Å². The van der Waals surface area contributed by atoms with Gasteiger partial charge in [-0.3, -0.25) is 9.59 Å². The second-order valence-electron chi connectivity index (χ2n) is 6.76. The van der Waals surface area contributed by atoms with Crippen LogP contribution in [0.4, 0.5) is 18.9 Å². The third-order valence-corrected chi connectivity index (χ3v) is 5.74. The van der Waals surface area contributed by atoms with Gasteiger partial charge < -0.3 is 15.1 Å². The van der Waals surface area contributed by atoms with Crippen molar-refractivity contribution in [1.29, 1.82) is 0 Å². The van der Waals surface area contributed by atoms with Gasteiger partial charge in [0.15, 0.2) is 5.76 Å². The Hall–Kier alpha value is -3.64. The highest BCUT2D eigenvalue weighted by Crippen LogP contribution is 2.30. The van der Waals surface area contributed by atoms with Crippen molar-refractivity contribution in [2.24, 2.45) is 0 Å². The van der Waals surface area contributed by atoms with Gasteiger partial charge in [-0.2, -0.15) is 13.2 Å². The molecule has 2 aromatic carbocycles. The number of benzene rings is 2. The van der Waals surface area contributed by atoms with Crippen molar-refractivity contribution in [2.75, 3.05) is 11.9 Å². The van der Waals surface area contributed by atoms with Gasteiger partial charge in [0.05, 0.1) is 23.3 Å². The Bertz CT molecular complexity index is 1220. The fourth-order valence-electron chi connectivity index (χ4n) is 2.65. The van der Waals surface area contributed by atoms with E-state index >= 15 is 0 Å². The number of nitrogens with one attached hydrogen (secondary N) is 3. The molecule has 0 aliphatic carbocycles. The first-order valence-corrected chi connectivity index (χ1v) is 10.9. The van der Waals surface area contributed by atoms with Crippen LogP contribution in [0, 0.1) is 0 Å². The number of hydrogen-bond acceptors (Lipinski definition) is 5. The molecule has 0 bridgehead atoms. The maximum atomic E-state index is 12.8. The Balaban J connectivity index is 1.49. The summed E-state index contributed by atoms with van der Waals surface area (Å²) in [7, 11) is -4.32. The van der Waals surface area contributed by atoms with Crippen LogP contribution in [0.3, 0.4) is 0 Å². The number of halogens is 3. The Labute approximate surface area is 186 Å². The van der Waals surface area contributed by atoms with Crippen LogP contribution in [0.5, 0.6) is 0 Å². The average molecular weight is 481 g/mol. The molecular weight excluding hydrogens is 463 g/mol. The maximum Gasteiger partial charge on any atom is 0.416 e. The molecular formula is C21H18F3N3O5S. The van der Waals surface area contributed by atoms with E-state index in [1.54, 1.807) is 30.3 Å². The summed E-state index contributed by atoms with van der Waals surface area (Å²) in [6.07, 6.45) is -3.32. The summed E-state index contributed by atoms with van der Waals surface area (Å²) >= 11 is 0. The molecule has 0 saturated carbocycles. The van der Waals surface area contributed by atoms with Crippen molar-refractivity contribution in [3.8, 4) is 0 Å². The van der Waals surface area contributed by atoms with Gasteiger partial charge in [-0.15, -0.1) is 0 Å². The van der Waals surface area contributed by atoms with Crippen LogP contribution in [0.1, 0.15) is 21.7 Å². The van der Waals surface area contributed by atoms with Crippen LogP contribution in [0.15, 0.2) is 76.2 Å². The lowest BCUT2D eigenvalue weighted by atomic mass is 10.2. The zero-order chi connectivity index (χ0) is 24.1. The van der Waals surface area contributed by atoms with Crippen molar-refractivity contribution in [2.45, 2.75) is 17.6 Å². The van der Waals surface area contributed by atoms with E-state index in [4.69, 9.17) is 4.42 Å². The molecule has 0 atom stereocenters. The van der Waals surface area contributed by atoms with Crippen molar-refractivity contribution < 1.29 is 35.6 Å². The van der Waals surface area contributed by atoms with E-state index in [0.29, 0.717) is 17.3 Å². The molecule has 1 aromatic heterocycles. The van der Waals surface area contributed by atoms with Crippen LogP contribution in [0.25, 0.3) is 0 Å². The Kier molecular flexibility index (Phi) is 7.19. The summed E-state index contributed by atoms with van der Waals surface area (Å²) < 4.78 is 69.7. The van der Waals surface area contributed by atoms with Crippen LogP contribution in [0.2, 0.25) is 0 Å². The first-order chi connectivity index (χ1) is 15.5. The molecule has 3 rings (SSSR count). The predicted octanol–water partition coefficient (Wildman–Crippen LogP) is 3.15. The smallest absolute Gasteiger partial charge is 0.416 e. The number of amides is 2. The Morgan fingerprint density at radius 2 is 1.70 bits per heavy atom. The molecule has 0 spiro atoms. The molecule has 0 aliphatic rings. The normalized spacial score (nSPS) is 11.7. The van der Waals surface area contributed by atoms with Crippen molar-refractivity contribution >= 4 is 27.5 Å². The average Bonchev–Trinajstić information content (AvgIpc) is 3.32. The lowest BCUT2D eigenvalue weighted by molar-refractivity contribution is -0.137. The van der Waals surface area contributed by atoms with Crippen molar-refractivity contribution in [1.82, 2.24) is 10.0 Å². The molecule has 0 fully saturated rings. The lowest BCUT2D eigenvalue weighted by Gasteiger charge is -2.11. The summed E-state index contributed by atoms with van der Waals surface area (Å²) in [5.74, 6) is -0.950. The third-order valence-electron chi connectivity index (χ3n) is 4.34. The molecule has 174 valence electrons. The minimum Gasteiger partial charge on any atom is -0.459 e. The molecule has 33 heavy (non-hydrogen) atoms. The fourth-order valence-corrected chi connectivity index (χ4v) is 3.68. The lowest BCUT2D eigenvalue weighted by Crippen LogP contribution is -2.36. The highest BCUT2D eigenvalue weighted by molar-refractivity contribution is 7.89. The summed E-state index contributed by atoms with van der Waals surface area (Å²) in [6.45, 7) is -0.591. The Morgan fingerprint density at radius 1 is 0.970 bits per heavy atom. The molecule has 2 amide bonds. The molecule has 0 aliphatic heterocycles. The number of alkyl halides is 3. The largest absolute Gasteiger partial charge is 0.459 e. The molecule has 3 aromatic rings. The number of carbonyl (C=O) groups is 2. The number of furan rings is 1. The van der Waals surface area contributed by atoms with E-state index < -0.39 is 45.0 Å². The van der Waals surface area contributed by atoms with E-state index in [9.17, 15) is 31.2 Å². The van der Waals surface area contributed by atoms with Crippen LogP contribution in [-0.4, -0.2) is 26.8 Å². The minimum absolute atomic E-state index is 0.0660. The van der Waals surface area contributed by atoms with E-state index in [-0.39, 0.29) is 12.3 Å². The first kappa shape index (κ1) is 24.0. The van der Waals surface area contributed by atoms with Gasteiger partial charge in [0.25, 0.3) is 5.91 Å². The summed E-state index contributed by atoms with van der Waals surface area (Å²) in [5.41, 5.74) is 0.0547. The predicted molar refractivity (Wildman–Crippen MR) is 112 cm³/mol. The molecule has 8 nitrogen and oxygen atoms in total. The number of sulfonamides is 1. The van der Waals surface area contributed by atoms with Crippen LogP contribution >= 0.6 is 0 Å². The molecule has 0 radical (unpaired) electrons. The zero-order valence-electron chi connectivity index (χ0n) is 16.8. The molecule has 0 unspecified atom stereocenters. The van der Waals surface area contributed by atoms with Crippen LogP contribution < -0.4 is 15.4 Å². The van der Waals surface area contributed by atoms with Crippen LogP contribution in [-0.2, 0) is 27.5 Å². The van der Waals surface area contributed by atoms with Crippen molar-refractivity contribution in [3.63, 3.8) is 0 Å². The van der Waals surface area contributed by atoms with Crippen molar-refractivity contribution in [3.05, 3.63) is 83.8 Å². The summed E-state index contributed by atoms with van der Waals surface area (Å²) in [6, 6.07) is 12.8. The van der Waals surface area contributed by atoms with Gasteiger partial charge in [0.2, 0.25) is 15.9 Å². The van der Waals surface area contributed by atoms with Gasteiger partial charge in [0, 0.05) is 12.2 Å². The van der Waals surface area contributed by atoms with Gasteiger partial charge in [-0.25, -0.2) is 13.1 Å². The quantitative estimate of drug-likeness (QED) is 0.457. The number of hydrogen-bond donors (Lipinski definition) is 3. The zero-order valence-corrected chi connectivity index (χ0v) is 17.7. The summed E-state index contributed by atoms with van der Waals surface area (Å²) in [5, 5.41) is 5.13. The second kappa shape index (κ2) is 9.88. The van der Waals surface area contributed by atoms with E-state index in [1.807, 2.05) is 4.72 Å². The minimum atomic E-state index is -4.69. The number of anilines is 1. The Morgan fingerprint density at radius 3 is 2.33 bits per heavy atom. The molecule has 3 N–H and O–H groups in total. The fraction of sp³-hybridized carbons (Fsp3) is 0.143. The third kappa shape index (κ3) is 6.67. The van der Waals surface area contributed by atoms with Gasteiger partial charge in [-0.05, 0) is 48.0 Å². The van der Waals surface area contributed by atoms with E-state index in [0.717, 1.165) is 18.2 Å². The second-order valence-corrected chi connectivity index (χ2v) is 8.52. The van der Waals surface area contributed by atoms with E-state index in [2.05, 4.69) is 10.6 Å². The number of rotatable bonds is 8. The molecule has 12 heteroatoms. The molecule has 1 heterocycles. The maximum absolute atomic E-state index is 12.8. The summed E-state index contributed by atoms with van der Waals surface area (Å²) in [4.78, 5) is 23.3. The first-order valence-electron chi connectivity index (χ1n) is 9.42. The topological polar surface area (TPSA) is 118 Å². The highest BCUT2D eigenvalue weighted by Gasteiger charge is 2.31. The van der Waals surface area contributed by atoms with Gasteiger partial charge in [-0.1, -0.05) is 18.2 Å². The highest BCUT2D eigenvalue weighted by atomic mass is 32.2.